The molecule has 4 aliphatic carbocycles. The monoisotopic (exact) mass is 544 g/mol. The van der Waals surface area contributed by atoms with Crippen molar-refractivity contribution in [3.05, 3.63) is 11.6 Å². The van der Waals surface area contributed by atoms with Gasteiger partial charge in [0.2, 0.25) is 8.32 Å². The van der Waals surface area contributed by atoms with E-state index >= 15 is 0 Å². The number of allylic oxidation sites excluding steroid dienone is 1. The number of hydrogen-bond acceptors (Lipinski definition) is 3. The molecule has 0 aliphatic heterocycles. The third kappa shape index (κ3) is 5.01. The van der Waals surface area contributed by atoms with Crippen LogP contribution in [0.5, 0.6) is 0 Å². The molecule has 0 aromatic carbocycles. The van der Waals surface area contributed by atoms with Crippen molar-refractivity contribution in [1.82, 2.24) is 0 Å². The van der Waals surface area contributed by atoms with Crippen molar-refractivity contribution in [3.8, 4) is 0 Å². The molecular formula is C34H60O3Si. The molecule has 0 N–H and O–H groups in total. The third-order valence-electron chi connectivity index (χ3n) is 12.9. The van der Waals surface area contributed by atoms with E-state index < -0.39 is 8.32 Å². The summed E-state index contributed by atoms with van der Waals surface area (Å²) in [6.45, 7) is 22.2. The van der Waals surface area contributed by atoms with Gasteiger partial charge in [0.25, 0.3) is 0 Å². The Hall–Kier alpha value is -0.613. The van der Waals surface area contributed by atoms with Crippen LogP contribution in [0.3, 0.4) is 0 Å². The molecule has 0 saturated heterocycles. The minimum atomic E-state index is -1.85. The number of carbonyl (C=O) groups is 1. The van der Waals surface area contributed by atoms with Gasteiger partial charge in [-0.2, -0.15) is 0 Å². The van der Waals surface area contributed by atoms with Crippen LogP contribution in [0.25, 0.3) is 0 Å². The van der Waals surface area contributed by atoms with Gasteiger partial charge in [-0.1, -0.05) is 74.0 Å². The number of esters is 1. The predicted octanol–water partition coefficient (Wildman–Crippen LogP) is 9.72. The van der Waals surface area contributed by atoms with Crippen molar-refractivity contribution in [1.29, 1.82) is 0 Å². The van der Waals surface area contributed by atoms with Crippen LogP contribution in [-0.4, -0.2) is 27.5 Å². The largest absolute Gasteiger partial charge is 0.469 e. The highest BCUT2D eigenvalue weighted by molar-refractivity contribution is 6.77. The fourth-order valence-electron chi connectivity index (χ4n) is 11.0. The molecule has 0 bridgehead atoms. The topological polar surface area (TPSA) is 35.5 Å². The fraction of sp³-hybridized carbons (Fsp3) is 0.912. The molecule has 0 radical (unpaired) electrons. The zero-order chi connectivity index (χ0) is 28.0. The van der Waals surface area contributed by atoms with Crippen molar-refractivity contribution in [3.63, 3.8) is 0 Å². The van der Waals surface area contributed by atoms with Crippen molar-refractivity contribution in [2.75, 3.05) is 7.11 Å². The van der Waals surface area contributed by atoms with Gasteiger partial charge < -0.3 is 9.16 Å². The summed E-state index contributed by atoms with van der Waals surface area (Å²) >= 11 is 0. The maximum absolute atomic E-state index is 11.8. The normalized spacial score (nSPS) is 38.0. The van der Waals surface area contributed by atoms with Crippen LogP contribution in [0.15, 0.2) is 11.6 Å². The van der Waals surface area contributed by atoms with E-state index in [1.54, 1.807) is 5.57 Å². The van der Waals surface area contributed by atoms with Gasteiger partial charge in [0, 0.05) is 12.5 Å². The highest BCUT2D eigenvalue weighted by atomic mass is 28.4. The van der Waals surface area contributed by atoms with Gasteiger partial charge in [0.1, 0.15) is 0 Å². The summed E-state index contributed by atoms with van der Waals surface area (Å²) in [4.78, 5) is 11.8. The number of fused-ring (bicyclic) bond motifs is 5. The van der Waals surface area contributed by atoms with Crippen molar-refractivity contribution < 1.29 is 14.0 Å². The SMILES string of the molecule is COC(=O)CC[C@@H](C)[C@H]1CC[C@H]2[C@@H]3CC=C4C[C@@H](O[Si](C(C)C)(C(C)C)C(C)C)CC[C@]4(C)[C@H]3CC[C@]12C. The highest BCUT2D eigenvalue weighted by Gasteiger charge is 2.59. The minimum absolute atomic E-state index is 0.0483. The van der Waals surface area contributed by atoms with Crippen LogP contribution < -0.4 is 0 Å². The Balaban J connectivity index is 1.49. The van der Waals surface area contributed by atoms with Crippen LogP contribution in [0.1, 0.15) is 127 Å². The molecule has 38 heavy (non-hydrogen) atoms. The first-order chi connectivity index (χ1) is 17.8. The van der Waals surface area contributed by atoms with E-state index in [4.69, 9.17) is 9.16 Å². The molecule has 0 amide bonds. The molecular weight excluding hydrogens is 484 g/mol. The average molecular weight is 545 g/mol. The molecule has 4 aliphatic rings. The zero-order valence-electron chi connectivity index (χ0n) is 26.6. The summed E-state index contributed by atoms with van der Waals surface area (Å²) < 4.78 is 12.3. The van der Waals surface area contributed by atoms with E-state index in [1.807, 2.05) is 0 Å². The van der Waals surface area contributed by atoms with Gasteiger partial charge >= 0.3 is 5.97 Å². The Morgan fingerprint density at radius 1 is 0.947 bits per heavy atom. The summed E-state index contributed by atoms with van der Waals surface area (Å²) in [5.41, 5.74) is 4.52. The first-order valence-corrected chi connectivity index (χ1v) is 18.4. The lowest BCUT2D eigenvalue weighted by molar-refractivity contribution is -0.141. The summed E-state index contributed by atoms with van der Waals surface area (Å²) in [6.07, 6.45) is 15.2. The second-order valence-electron chi connectivity index (χ2n) is 15.4. The zero-order valence-corrected chi connectivity index (χ0v) is 27.6. The second-order valence-corrected chi connectivity index (χ2v) is 20.8. The second kappa shape index (κ2) is 11.3. The Labute approximate surface area is 236 Å². The lowest BCUT2D eigenvalue weighted by Gasteiger charge is -2.59. The molecule has 8 atom stereocenters. The fourth-order valence-corrected chi connectivity index (χ4v) is 16.6. The molecule has 0 aromatic rings. The number of carbonyl (C=O) groups excluding carboxylic acids is 1. The Kier molecular flexibility index (Phi) is 9.06. The van der Waals surface area contributed by atoms with Crippen LogP contribution in [0.2, 0.25) is 16.6 Å². The maximum atomic E-state index is 11.8. The number of hydrogen-bond donors (Lipinski definition) is 0. The van der Waals surface area contributed by atoms with E-state index in [2.05, 4.69) is 68.4 Å². The maximum Gasteiger partial charge on any atom is 0.305 e. The van der Waals surface area contributed by atoms with E-state index in [9.17, 15) is 4.79 Å². The molecule has 3 fully saturated rings. The van der Waals surface area contributed by atoms with Gasteiger partial charge in [-0.25, -0.2) is 0 Å². The van der Waals surface area contributed by atoms with E-state index in [-0.39, 0.29) is 5.97 Å². The molecule has 218 valence electrons. The number of methoxy groups -OCH3 is 1. The number of ether oxygens (including phenoxy) is 1. The Morgan fingerprint density at radius 2 is 1.61 bits per heavy atom. The predicted molar refractivity (Wildman–Crippen MR) is 162 cm³/mol. The van der Waals surface area contributed by atoms with Gasteiger partial charge in [-0.15, -0.1) is 0 Å². The molecule has 0 spiro atoms. The van der Waals surface area contributed by atoms with E-state index in [0.717, 1.165) is 30.1 Å². The summed E-state index contributed by atoms with van der Waals surface area (Å²) in [6, 6.07) is 0. The molecule has 4 heteroatoms. The third-order valence-corrected chi connectivity index (χ3v) is 19.1. The molecule has 0 heterocycles. The Bertz CT molecular complexity index is 855. The summed E-state index contributed by atoms with van der Waals surface area (Å²) in [5, 5.41) is 0. The molecule has 3 saturated carbocycles. The van der Waals surface area contributed by atoms with E-state index in [0.29, 0.717) is 45.9 Å². The van der Waals surface area contributed by atoms with Gasteiger partial charge in [0.05, 0.1) is 7.11 Å². The number of rotatable bonds is 9. The van der Waals surface area contributed by atoms with Crippen LogP contribution in [0, 0.1) is 40.4 Å². The average Bonchev–Trinajstić information content (AvgIpc) is 3.22. The first kappa shape index (κ1) is 30.3. The van der Waals surface area contributed by atoms with E-state index in [1.165, 1.54) is 58.5 Å². The van der Waals surface area contributed by atoms with Crippen LogP contribution in [-0.2, 0) is 14.0 Å². The quantitative estimate of drug-likeness (QED) is 0.165. The van der Waals surface area contributed by atoms with Crippen LogP contribution in [0.4, 0.5) is 0 Å². The molecule has 0 unspecified atom stereocenters. The smallest absolute Gasteiger partial charge is 0.305 e. The summed E-state index contributed by atoms with van der Waals surface area (Å²) in [5.74, 6) is 3.83. The Morgan fingerprint density at radius 3 is 2.21 bits per heavy atom. The standard InChI is InChI=1S/C34H60O3Si/c1-22(2)38(23(3)4,24(5)6)37-27-17-19-33(8)26(21-27)12-13-28-30-15-14-29(25(7)11-16-32(35)36-10)34(30,9)20-18-31(28)33/h12,22-25,27-31H,11,13-21H2,1-10H3/t25-,27+,28+,29-,30+,31+,33+,34-/m1/s1. The lowest BCUT2D eigenvalue weighted by Crippen LogP contribution is -2.53. The molecule has 0 aromatic heterocycles. The van der Waals surface area contributed by atoms with Gasteiger partial charge in [-0.05, 0) is 115 Å². The van der Waals surface area contributed by atoms with Crippen molar-refractivity contribution in [2.24, 2.45) is 40.4 Å². The van der Waals surface area contributed by atoms with Crippen molar-refractivity contribution in [2.45, 2.75) is 149 Å². The highest BCUT2D eigenvalue weighted by Crippen LogP contribution is 2.67. The minimum Gasteiger partial charge on any atom is -0.469 e. The molecule has 3 nitrogen and oxygen atoms in total. The van der Waals surface area contributed by atoms with Gasteiger partial charge in [0.15, 0.2) is 0 Å². The molecule has 4 rings (SSSR count). The lowest BCUT2D eigenvalue weighted by atomic mass is 9.47. The summed E-state index contributed by atoms with van der Waals surface area (Å²) in [7, 11) is -0.332. The van der Waals surface area contributed by atoms with Gasteiger partial charge in [-0.3, -0.25) is 4.79 Å². The van der Waals surface area contributed by atoms with Crippen molar-refractivity contribution >= 4 is 14.3 Å². The van der Waals surface area contributed by atoms with Crippen LogP contribution >= 0.6 is 0 Å². The first-order valence-electron chi connectivity index (χ1n) is 16.2.